The molecular weight excluding hydrogens is 350 g/mol. The van der Waals surface area contributed by atoms with Crippen LogP contribution in [0, 0.1) is 0 Å². The summed E-state index contributed by atoms with van der Waals surface area (Å²) < 4.78 is 1.94. The quantitative estimate of drug-likeness (QED) is 0.912. The van der Waals surface area contributed by atoms with Crippen molar-refractivity contribution in [2.75, 3.05) is 5.32 Å². The SMILES string of the molecule is Brc1ccc(CNc2nnc(Br)s2)s1. The van der Waals surface area contributed by atoms with Gasteiger partial charge in [0, 0.05) is 4.88 Å². The van der Waals surface area contributed by atoms with Gasteiger partial charge in [0.15, 0.2) is 3.92 Å². The molecule has 0 atom stereocenters. The van der Waals surface area contributed by atoms with Crippen LogP contribution in [0.1, 0.15) is 4.88 Å². The van der Waals surface area contributed by atoms with Crippen LogP contribution in [0.25, 0.3) is 0 Å². The van der Waals surface area contributed by atoms with E-state index in [9.17, 15) is 0 Å². The Hall–Kier alpha value is 0.0200. The smallest absolute Gasteiger partial charge is 0.206 e. The van der Waals surface area contributed by atoms with Crippen molar-refractivity contribution in [1.82, 2.24) is 10.2 Å². The zero-order valence-electron chi connectivity index (χ0n) is 6.83. The number of thiophene rings is 1. The van der Waals surface area contributed by atoms with Gasteiger partial charge in [-0.1, -0.05) is 11.3 Å². The van der Waals surface area contributed by atoms with Gasteiger partial charge in [-0.25, -0.2) is 0 Å². The third kappa shape index (κ3) is 2.75. The first-order chi connectivity index (χ1) is 6.74. The van der Waals surface area contributed by atoms with Crippen molar-refractivity contribution in [3.05, 3.63) is 24.7 Å². The maximum atomic E-state index is 3.94. The highest BCUT2D eigenvalue weighted by Gasteiger charge is 2.01. The number of nitrogens with one attached hydrogen (secondary N) is 1. The number of halogens is 2. The van der Waals surface area contributed by atoms with Crippen LogP contribution < -0.4 is 5.32 Å². The average molecular weight is 355 g/mol. The highest BCUT2D eigenvalue weighted by atomic mass is 79.9. The van der Waals surface area contributed by atoms with Gasteiger partial charge in [0.2, 0.25) is 5.13 Å². The molecule has 14 heavy (non-hydrogen) atoms. The molecule has 0 spiro atoms. The van der Waals surface area contributed by atoms with Gasteiger partial charge < -0.3 is 5.32 Å². The second kappa shape index (κ2) is 4.69. The van der Waals surface area contributed by atoms with Crippen molar-refractivity contribution in [2.45, 2.75) is 6.54 Å². The number of rotatable bonds is 3. The van der Waals surface area contributed by atoms with E-state index in [2.05, 4.69) is 53.4 Å². The first-order valence-corrected chi connectivity index (χ1v) is 6.93. The summed E-state index contributed by atoms with van der Waals surface area (Å²) in [5, 5.41) is 11.8. The van der Waals surface area contributed by atoms with Crippen LogP contribution >= 0.6 is 54.5 Å². The fourth-order valence-electron chi connectivity index (χ4n) is 0.886. The molecule has 0 aliphatic carbocycles. The molecule has 2 aromatic heterocycles. The molecule has 1 N–H and O–H groups in total. The molecule has 0 unspecified atom stereocenters. The van der Waals surface area contributed by atoms with Gasteiger partial charge in [-0.15, -0.1) is 21.5 Å². The number of nitrogens with zero attached hydrogens (tertiary/aromatic N) is 2. The van der Waals surface area contributed by atoms with E-state index >= 15 is 0 Å². The van der Waals surface area contributed by atoms with Gasteiger partial charge in [0.1, 0.15) is 0 Å². The van der Waals surface area contributed by atoms with Crippen molar-refractivity contribution in [2.24, 2.45) is 0 Å². The molecule has 74 valence electrons. The molecule has 2 rings (SSSR count). The fraction of sp³-hybridized carbons (Fsp3) is 0.143. The van der Waals surface area contributed by atoms with Crippen molar-refractivity contribution >= 4 is 59.7 Å². The summed E-state index contributed by atoms with van der Waals surface area (Å²) in [6.07, 6.45) is 0. The average Bonchev–Trinajstić information content (AvgIpc) is 2.72. The molecule has 0 radical (unpaired) electrons. The topological polar surface area (TPSA) is 37.8 Å². The van der Waals surface area contributed by atoms with E-state index in [4.69, 9.17) is 0 Å². The summed E-state index contributed by atoms with van der Waals surface area (Å²) >= 11 is 9.89. The van der Waals surface area contributed by atoms with Crippen LogP contribution in [0.2, 0.25) is 0 Å². The minimum Gasteiger partial charge on any atom is -0.355 e. The van der Waals surface area contributed by atoms with Crippen molar-refractivity contribution < 1.29 is 0 Å². The summed E-state index contributed by atoms with van der Waals surface area (Å²) in [5.41, 5.74) is 0. The van der Waals surface area contributed by atoms with Gasteiger partial charge in [-0.05, 0) is 44.0 Å². The second-order valence-electron chi connectivity index (χ2n) is 2.42. The van der Waals surface area contributed by atoms with Crippen LogP contribution in [-0.4, -0.2) is 10.2 Å². The molecule has 7 heteroatoms. The molecule has 0 amide bonds. The van der Waals surface area contributed by atoms with E-state index in [-0.39, 0.29) is 0 Å². The molecule has 2 aromatic rings. The molecule has 0 fully saturated rings. The Morgan fingerprint density at radius 1 is 1.21 bits per heavy atom. The summed E-state index contributed by atoms with van der Waals surface area (Å²) in [6, 6.07) is 4.12. The largest absolute Gasteiger partial charge is 0.355 e. The van der Waals surface area contributed by atoms with E-state index in [0.29, 0.717) is 0 Å². The van der Waals surface area contributed by atoms with Crippen LogP contribution in [0.15, 0.2) is 19.8 Å². The molecule has 3 nitrogen and oxygen atoms in total. The monoisotopic (exact) mass is 353 g/mol. The Morgan fingerprint density at radius 3 is 2.64 bits per heavy atom. The summed E-state index contributed by atoms with van der Waals surface area (Å²) in [6.45, 7) is 0.790. The third-order valence-corrected chi connectivity index (χ3v) is 4.38. The van der Waals surface area contributed by atoms with Gasteiger partial charge in [0.25, 0.3) is 0 Å². The van der Waals surface area contributed by atoms with Gasteiger partial charge >= 0.3 is 0 Å². The zero-order chi connectivity index (χ0) is 9.97. The Bertz CT molecular complexity index is 386. The molecular formula is C7H5Br2N3S2. The Balaban J connectivity index is 1.94. The molecule has 0 aliphatic rings. The van der Waals surface area contributed by atoms with Crippen molar-refractivity contribution in [3.63, 3.8) is 0 Å². The van der Waals surface area contributed by atoms with Crippen molar-refractivity contribution in [3.8, 4) is 0 Å². The Kier molecular flexibility index (Phi) is 3.53. The lowest BCUT2D eigenvalue weighted by molar-refractivity contribution is 1.05. The lowest BCUT2D eigenvalue weighted by Gasteiger charge is -1.96. The van der Waals surface area contributed by atoms with Gasteiger partial charge in [-0.2, -0.15) is 0 Å². The standard InChI is InChI=1S/C7H5Br2N3S2/c8-5-2-1-4(13-5)3-10-7-12-11-6(9)14-7/h1-2H,3H2,(H,10,12). The predicted molar refractivity (Wildman–Crippen MR) is 67.0 cm³/mol. The minimum atomic E-state index is 0.790. The summed E-state index contributed by atoms with van der Waals surface area (Å²) in [7, 11) is 0. The molecule has 0 saturated carbocycles. The third-order valence-electron chi connectivity index (χ3n) is 1.44. The number of anilines is 1. The maximum Gasteiger partial charge on any atom is 0.206 e. The summed E-state index contributed by atoms with van der Waals surface area (Å²) in [4.78, 5) is 1.27. The molecule has 2 heterocycles. The highest BCUT2D eigenvalue weighted by molar-refractivity contribution is 9.11. The van der Waals surface area contributed by atoms with Crippen LogP contribution in [-0.2, 0) is 6.54 Å². The van der Waals surface area contributed by atoms with Crippen LogP contribution in [0.5, 0.6) is 0 Å². The van der Waals surface area contributed by atoms with Gasteiger partial charge in [-0.3, -0.25) is 0 Å². The Morgan fingerprint density at radius 2 is 2.07 bits per heavy atom. The molecule has 0 aromatic carbocycles. The number of aromatic nitrogens is 2. The van der Waals surface area contributed by atoms with E-state index in [1.807, 2.05) is 6.07 Å². The first kappa shape index (κ1) is 10.5. The molecule has 0 aliphatic heterocycles. The van der Waals surface area contributed by atoms with E-state index in [0.717, 1.165) is 19.4 Å². The normalized spacial score (nSPS) is 10.4. The van der Waals surface area contributed by atoms with E-state index < -0.39 is 0 Å². The van der Waals surface area contributed by atoms with Crippen LogP contribution in [0.3, 0.4) is 0 Å². The lowest BCUT2D eigenvalue weighted by atomic mass is 10.5. The summed E-state index contributed by atoms with van der Waals surface area (Å²) in [5.74, 6) is 0. The number of hydrogen-bond donors (Lipinski definition) is 1. The lowest BCUT2D eigenvalue weighted by Crippen LogP contribution is -1.96. The highest BCUT2D eigenvalue weighted by Crippen LogP contribution is 2.24. The van der Waals surface area contributed by atoms with Crippen LogP contribution in [0.4, 0.5) is 5.13 Å². The second-order valence-corrected chi connectivity index (χ2v) is 7.22. The van der Waals surface area contributed by atoms with Gasteiger partial charge in [0.05, 0.1) is 10.3 Å². The first-order valence-electron chi connectivity index (χ1n) is 3.71. The van der Waals surface area contributed by atoms with E-state index in [1.54, 1.807) is 11.3 Å². The molecule has 0 bridgehead atoms. The van der Waals surface area contributed by atoms with E-state index in [1.165, 1.54) is 16.2 Å². The minimum absolute atomic E-state index is 0.790. The van der Waals surface area contributed by atoms with Crippen molar-refractivity contribution in [1.29, 1.82) is 0 Å². The fourth-order valence-corrected chi connectivity index (χ4v) is 3.32. The molecule has 0 saturated heterocycles. The Labute approximate surface area is 106 Å². The zero-order valence-corrected chi connectivity index (χ0v) is 11.6. The number of hydrogen-bond acceptors (Lipinski definition) is 5. The predicted octanol–water partition coefficient (Wildman–Crippen LogP) is 3.74. The maximum absolute atomic E-state index is 3.94.